The molecule has 0 saturated carbocycles. The summed E-state index contributed by atoms with van der Waals surface area (Å²) in [6, 6.07) is 3.72. The summed E-state index contributed by atoms with van der Waals surface area (Å²) in [4.78, 5) is 4.04. The highest BCUT2D eigenvalue weighted by Gasteiger charge is 2.30. The Balaban J connectivity index is 2.23. The highest BCUT2D eigenvalue weighted by atomic mass is 35.5. The predicted molar refractivity (Wildman–Crippen MR) is 53.1 cm³/mol. The minimum absolute atomic E-state index is 0.282. The van der Waals surface area contributed by atoms with Crippen LogP contribution in [0.4, 0.5) is 0 Å². The minimum Gasteiger partial charge on any atom is -0.355 e. The van der Waals surface area contributed by atoms with Gasteiger partial charge in [0.1, 0.15) is 11.9 Å². The zero-order chi connectivity index (χ0) is 10.0. The molecular weight excluding hydrogens is 202 g/mol. The molecule has 2 heterocycles. The van der Waals surface area contributed by atoms with E-state index >= 15 is 0 Å². The lowest BCUT2D eigenvalue weighted by Crippen LogP contribution is -2.33. The normalized spacial score (nSPS) is 27.6. The van der Waals surface area contributed by atoms with E-state index in [9.17, 15) is 0 Å². The Kier molecular flexibility index (Phi) is 2.72. The number of rotatable bonds is 1. The van der Waals surface area contributed by atoms with Gasteiger partial charge in [-0.1, -0.05) is 17.7 Å². The number of ether oxygens (including phenoxy) is 2. The molecule has 1 aromatic heterocycles. The molecule has 0 N–H and O–H groups in total. The Morgan fingerprint density at radius 1 is 1.50 bits per heavy atom. The summed E-state index contributed by atoms with van der Waals surface area (Å²) in [7, 11) is 0. The first-order valence-corrected chi connectivity index (χ1v) is 4.92. The molecule has 0 amide bonds. The number of hydrogen-bond donors (Lipinski definition) is 0. The molecule has 1 aliphatic heterocycles. The Hall–Kier alpha value is -0.640. The third-order valence-electron chi connectivity index (χ3n) is 2.52. The molecule has 1 fully saturated rings. The zero-order valence-corrected chi connectivity index (χ0v) is 8.75. The molecular formula is C10H12ClNO2. The van der Waals surface area contributed by atoms with Gasteiger partial charge in [0.2, 0.25) is 0 Å². The van der Waals surface area contributed by atoms with Crippen molar-refractivity contribution in [3.05, 3.63) is 29.0 Å². The molecule has 3 nitrogen and oxygen atoms in total. The van der Waals surface area contributed by atoms with E-state index < -0.39 is 0 Å². The van der Waals surface area contributed by atoms with Gasteiger partial charge in [-0.05, 0) is 13.0 Å². The standard InChI is InChI=1S/C10H12ClNO2/c1-10(4-5-13-7-14-10)8-2-3-9(11)12-6-8/h2-3,6H,4-5,7H2,1H3. The van der Waals surface area contributed by atoms with Crippen molar-refractivity contribution in [1.29, 1.82) is 0 Å². The molecule has 0 aliphatic carbocycles. The lowest BCUT2D eigenvalue weighted by molar-refractivity contribution is -0.191. The fourth-order valence-electron chi connectivity index (χ4n) is 1.49. The van der Waals surface area contributed by atoms with Gasteiger partial charge in [-0.3, -0.25) is 0 Å². The summed E-state index contributed by atoms with van der Waals surface area (Å²) in [5, 5.41) is 0.504. The summed E-state index contributed by atoms with van der Waals surface area (Å²) in [6.45, 7) is 3.11. The van der Waals surface area contributed by atoms with Crippen molar-refractivity contribution in [2.75, 3.05) is 13.4 Å². The molecule has 76 valence electrons. The fourth-order valence-corrected chi connectivity index (χ4v) is 1.60. The van der Waals surface area contributed by atoms with Crippen LogP contribution in [-0.2, 0) is 15.1 Å². The summed E-state index contributed by atoms with van der Waals surface area (Å²) >= 11 is 5.72. The van der Waals surface area contributed by atoms with E-state index in [-0.39, 0.29) is 5.60 Å². The molecule has 0 spiro atoms. The van der Waals surface area contributed by atoms with Crippen molar-refractivity contribution in [2.45, 2.75) is 18.9 Å². The second-order valence-electron chi connectivity index (χ2n) is 3.52. The third-order valence-corrected chi connectivity index (χ3v) is 2.75. The number of nitrogens with zero attached hydrogens (tertiary/aromatic N) is 1. The van der Waals surface area contributed by atoms with Crippen LogP contribution in [0.1, 0.15) is 18.9 Å². The largest absolute Gasteiger partial charge is 0.355 e. The Morgan fingerprint density at radius 2 is 2.36 bits per heavy atom. The van der Waals surface area contributed by atoms with Crippen LogP contribution in [0.25, 0.3) is 0 Å². The van der Waals surface area contributed by atoms with Crippen molar-refractivity contribution in [3.63, 3.8) is 0 Å². The summed E-state index contributed by atoms with van der Waals surface area (Å²) in [6.07, 6.45) is 2.60. The topological polar surface area (TPSA) is 31.4 Å². The van der Waals surface area contributed by atoms with Crippen molar-refractivity contribution >= 4 is 11.6 Å². The van der Waals surface area contributed by atoms with Gasteiger partial charge in [0.15, 0.2) is 0 Å². The molecule has 1 saturated heterocycles. The van der Waals surface area contributed by atoms with E-state index in [0.717, 1.165) is 18.6 Å². The second kappa shape index (κ2) is 3.85. The maximum absolute atomic E-state index is 5.72. The molecule has 1 unspecified atom stereocenters. The van der Waals surface area contributed by atoms with E-state index in [1.165, 1.54) is 0 Å². The fraction of sp³-hybridized carbons (Fsp3) is 0.500. The van der Waals surface area contributed by atoms with E-state index in [0.29, 0.717) is 11.9 Å². The lowest BCUT2D eigenvalue weighted by atomic mass is 9.94. The van der Waals surface area contributed by atoms with Crippen LogP contribution >= 0.6 is 11.6 Å². The first-order valence-electron chi connectivity index (χ1n) is 4.54. The van der Waals surface area contributed by atoms with Gasteiger partial charge in [0.05, 0.1) is 12.2 Å². The van der Waals surface area contributed by atoms with Crippen molar-refractivity contribution in [1.82, 2.24) is 4.98 Å². The number of pyridine rings is 1. The third kappa shape index (κ3) is 1.90. The SMILES string of the molecule is CC1(c2ccc(Cl)nc2)CCOCO1. The molecule has 1 atom stereocenters. The van der Waals surface area contributed by atoms with E-state index in [4.69, 9.17) is 21.1 Å². The van der Waals surface area contributed by atoms with Crippen molar-refractivity contribution in [3.8, 4) is 0 Å². The van der Waals surface area contributed by atoms with Crippen LogP contribution in [0.15, 0.2) is 18.3 Å². The van der Waals surface area contributed by atoms with E-state index in [2.05, 4.69) is 4.98 Å². The average molecular weight is 214 g/mol. The van der Waals surface area contributed by atoms with Crippen LogP contribution in [0.3, 0.4) is 0 Å². The lowest BCUT2D eigenvalue weighted by Gasteiger charge is -2.33. The highest BCUT2D eigenvalue weighted by Crippen LogP contribution is 2.31. The van der Waals surface area contributed by atoms with Crippen LogP contribution in [0, 0.1) is 0 Å². The average Bonchev–Trinajstić information content (AvgIpc) is 2.19. The van der Waals surface area contributed by atoms with Crippen LogP contribution in [-0.4, -0.2) is 18.4 Å². The van der Waals surface area contributed by atoms with E-state index in [1.54, 1.807) is 12.3 Å². The molecule has 0 radical (unpaired) electrons. The highest BCUT2D eigenvalue weighted by molar-refractivity contribution is 6.29. The maximum atomic E-state index is 5.72. The molecule has 2 rings (SSSR count). The zero-order valence-electron chi connectivity index (χ0n) is 8.00. The van der Waals surface area contributed by atoms with Gasteiger partial charge in [-0.25, -0.2) is 4.98 Å². The second-order valence-corrected chi connectivity index (χ2v) is 3.91. The first kappa shape index (κ1) is 9.90. The predicted octanol–water partition coefficient (Wildman–Crippen LogP) is 2.34. The molecule has 0 bridgehead atoms. The van der Waals surface area contributed by atoms with Crippen molar-refractivity contribution < 1.29 is 9.47 Å². The Bertz CT molecular complexity index is 306. The van der Waals surface area contributed by atoms with Crippen LogP contribution in [0.5, 0.6) is 0 Å². The van der Waals surface area contributed by atoms with Crippen LogP contribution in [0.2, 0.25) is 5.15 Å². The van der Waals surface area contributed by atoms with Gasteiger partial charge >= 0.3 is 0 Å². The Morgan fingerprint density at radius 3 is 2.93 bits per heavy atom. The van der Waals surface area contributed by atoms with Gasteiger partial charge in [0, 0.05) is 18.2 Å². The first-order chi connectivity index (χ1) is 6.71. The summed E-state index contributed by atoms with van der Waals surface area (Å²) < 4.78 is 10.7. The quantitative estimate of drug-likeness (QED) is 0.671. The van der Waals surface area contributed by atoms with E-state index in [1.807, 2.05) is 13.0 Å². The molecule has 4 heteroatoms. The van der Waals surface area contributed by atoms with Crippen molar-refractivity contribution in [2.24, 2.45) is 0 Å². The van der Waals surface area contributed by atoms with Gasteiger partial charge < -0.3 is 9.47 Å². The van der Waals surface area contributed by atoms with Gasteiger partial charge in [0.25, 0.3) is 0 Å². The number of halogens is 1. The molecule has 1 aromatic rings. The van der Waals surface area contributed by atoms with Gasteiger partial charge in [-0.15, -0.1) is 0 Å². The monoisotopic (exact) mass is 213 g/mol. The maximum Gasteiger partial charge on any atom is 0.147 e. The van der Waals surface area contributed by atoms with Crippen LogP contribution < -0.4 is 0 Å². The summed E-state index contributed by atoms with van der Waals surface area (Å²) in [5.41, 5.74) is 0.765. The molecule has 0 aromatic carbocycles. The summed E-state index contributed by atoms with van der Waals surface area (Å²) in [5.74, 6) is 0. The minimum atomic E-state index is -0.282. The number of hydrogen-bond acceptors (Lipinski definition) is 3. The molecule has 1 aliphatic rings. The molecule has 14 heavy (non-hydrogen) atoms. The smallest absolute Gasteiger partial charge is 0.147 e. The Labute approximate surface area is 88.0 Å². The van der Waals surface area contributed by atoms with Gasteiger partial charge in [-0.2, -0.15) is 0 Å². The number of aromatic nitrogens is 1.